The molecule has 2 heteroatoms. The molecule has 0 atom stereocenters. The van der Waals surface area contributed by atoms with Crippen LogP contribution in [-0.4, -0.2) is 10.2 Å². The van der Waals surface area contributed by atoms with Gasteiger partial charge in [-0.3, -0.25) is 0 Å². The van der Waals surface area contributed by atoms with Gasteiger partial charge in [0.15, 0.2) is 0 Å². The molecule has 0 aliphatic carbocycles. The fourth-order valence-corrected chi connectivity index (χ4v) is 3.55. The largest absolute Gasteiger partial charge is 0.508 e. The van der Waals surface area contributed by atoms with Gasteiger partial charge in [0.05, 0.1) is 0 Å². The van der Waals surface area contributed by atoms with Gasteiger partial charge in [0.25, 0.3) is 0 Å². The molecule has 2 nitrogen and oxygen atoms in total. The van der Waals surface area contributed by atoms with Crippen LogP contribution in [0.25, 0.3) is 0 Å². The molecule has 0 heterocycles. The predicted molar refractivity (Wildman–Crippen MR) is 118 cm³/mol. The molecule has 0 saturated heterocycles. The zero-order valence-electron chi connectivity index (χ0n) is 17.6. The third-order valence-electron chi connectivity index (χ3n) is 5.19. The fourth-order valence-electron chi connectivity index (χ4n) is 3.55. The fraction of sp³-hybridized carbons (Fsp3) is 0.680. The van der Waals surface area contributed by atoms with E-state index >= 15 is 0 Å². The van der Waals surface area contributed by atoms with E-state index in [9.17, 15) is 10.2 Å². The maximum Gasteiger partial charge on any atom is 0.119 e. The van der Waals surface area contributed by atoms with Crippen molar-refractivity contribution in [2.75, 3.05) is 0 Å². The molecule has 0 bridgehead atoms. The molecule has 0 aliphatic heterocycles. The Kier molecular flexibility index (Phi) is 14.6. The van der Waals surface area contributed by atoms with Gasteiger partial charge >= 0.3 is 0 Å². The zero-order chi connectivity index (χ0) is 19.6. The summed E-state index contributed by atoms with van der Waals surface area (Å²) in [5.41, 5.74) is 1.03. The van der Waals surface area contributed by atoms with Crippen molar-refractivity contribution < 1.29 is 10.2 Å². The maximum absolute atomic E-state index is 9.47. The molecule has 27 heavy (non-hydrogen) atoms. The van der Waals surface area contributed by atoms with Crippen LogP contribution in [-0.2, 0) is 6.42 Å². The van der Waals surface area contributed by atoms with E-state index in [4.69, 9.17) is 0 Å². The first-order valence-electron chi connectivity index (χ1n) is 11.4. The minimum absolute atomic E-state index is 0.160. The van der Waals surface area contributed by atoms with Crippen LogP contribution in [0, 0.1) is 0 Å². The molecule has 0 saturated carbocycles. The number of hydrogen-bond acceptors (Lipinski definition) is 2. The third kappa shape index (κ3) is 14.3. The smallest absolute Gasteiger partial charge is 0.119 e. The van der Waals surface area contributed by atoms with Crippen LogP contribution < -0.4 is 0 Å². The monoisotopic (exact) mass is 374 g/mol. The summed E-state index contributed by atoms with van der Waals surface area (Å²) in [6, 6.07) is 4.89. The van der Waals surface area contributed by atoms with Gasteiger partial charge in [-0.25, -0.2) is 0 Å². The van der Waals surface area contributed by atoms with Crippen LogP contribution in [0.4, 0.5) is 0 Å². The van der Waals surface area contributed by atoms with Gasteiger partial charge in [-0.1, -0.05) is 83.3 Å². The molecule has 0 aliphatic rings. The molecule has 0 unspecified atom stereocenters. The van der Waals surface area contributed by atoms with Gasteiger partial charge in [0, 0.05) is 6.07 Å². The van der Waals surface area contributed by atoms with Crippen molar-refractivity contribution >= 4 is 0 Å². The highest BCUT2D eigenvalue weighted by Gasteiger charge is 1.99. The summed E-state index contributed by atoms with van der Waals surface area (Å²) in [7, 11) is 0. The van der Waals surface area contributed by atoms with Crippen molar-refractivity contribution in [3.05, 3.63) is 35.9 Å². The summed E-state index contributed by atoms with van der Waals surface area (Å²) < 4.78 is 0. The summed E-state index contributed by atoms with van der Waals surface area (Å²) >= 11 is 0. The number of phenols is 2. The molecule has 1 aromatic carbocycles. The van der Waals surface area contributed by atoms with E-state index < -0.39 is 0 Å². The second kappa shape index (κ2) is 16.7. The van der Waals surface area contributed by atoms with Crippen molar-refractivity contribution in [3.63, 3.8) is 0 Å². The minimum Gasteiger partial charge on any atom is -0.508 e. The number of hydrogen-bond donors (Lipinski definition) is 2. The molecule has 1 rings (SSSR count). The van der Waals surface area contributed by atoms with Crippen LogP contribution >= 0.6 is 0 Å². The number of rotatable bonds is 17. The Balaban J connectivity index is 1.82. The molecule has 0 amide bonds. The van der Waals surface area contributed by atoms with Gasteiger partial charge in [-0.15, -0.1) is 0 Å². The summed E-state index contributed by atoms with van der Waals surface area (Å²) in [6.45, 7) is 2.27. The molecular formula is C25H42O2. The molecule has 2 N–H and O–H groups in total. The van der Waals surface area contributed by atoms with Crippen molar-refractivity contribution in [3.8, 4) is 11.5 Å². The quantitative estimate of drug-likeness (QED) is 0.214. The second-order valence-corrected chi connectivity index (χ2v) is 7.90. The molecule has 1 aromatic rings. The summed E-state index contributed by atoms with van der Waals surface area (Å²) in [5, 5.41) is 18.9. The number of aromatic hydroxyl groups is 2. The van der Waals surface area contributed by atoms with E-state index in [0.29, 0.717) is 0 Å². The molecule has 0 radical (unpaired) electrons. The van der Waals surface area contributed by atoms with E-state index in [1.807, 2.05) is 0 Å². The van der Waals surface area contributed by atoms with E-state index in [2.05, 4.69) is 19.1 Å². The number of benzene rings is 1. The number of unbranched alkanes of at least 4 members (excludes halogenated alkanes) is 13. The average Bonchev–Trinajstić information content (AvgIpc) is 2.63. The highest BCUT2D eigenvalue weighted by molar-refractivity contribution is 5.36. The zero-order valence-corrected chi connectivity index (χ0v) is 17.6. The highest BCUT2D eigenvalue weighted by Crippen LogP contribution is 2.22. The molecular weight excluding hydrogens is 332 g/mol. The van der Waals surface area contributed by atoms with E-state index in [1.165, 1.54) is 96.0 Å². The van der Waals surface area contributed by atoms with E-state index in [0.717, 1.165) is 18.4 Å². The lowest BCUT2D eigenvalue weighted by Gasteiger charge is -2.04. The predicted octanol–water partition coefficient (Wildman–Crippen LogP) is 8.07. The number of aryl methyl sites for hydroxylation is 1. The lowest BCUT2D eigenvalue weighted by atomic mass is 10.0. The van der Waals surface area contributed by atoms with Crippen LogP contribution in [0.3, 0.4) is 0 Å². The van der Waals surface area contributed by atoms with Crippen molar-refractivity contribution in [2.45, 2.75) is 110 Å². The highest BCUT2D eigenvalue weighted by atomic mass is 16.3. The Bertz CT molecular complexity index is 473. The van der Waals surface area contributed by atoms with Gasteiger partial charge in [0.2, 0.25) is 0 Å². The van der Waals surface area contributed by atoms with Crippen molar-refractivity contribution in [1.82, 2.24) is 0 Å². The van der Waals surface area contributed by atoms with E-state index in [1.54, 1.807) is 12.1 Å². The second-order valence-electron chi connectivity index (χ2n) is 7.90. The summed E-state index contributed by atoms with van der Waals surface area (Å²) in [5.74, 6) is 0.319. The summed E-state index contributed by atoms with van der Waals surface area (Å²) in [6.07, 6.45) is 25.6. The van der Waals surface area contributed by atoms with Crippen LogP contribution in [0.15, 0.2) is 30.4 Å². The van der Waals surface area contributed by atoms with Gasteiger partial charge in [-0.05, 0) is 56.2 Å². The van der Waals surface area contributed by atoms with Crippen LogP contribution in [0.5, 0.6) is 11.5 Å². The first-order chi connectivity index (χ1) is 13.2. The molecule has 0 aromatic heterocycles. The normalized spacial score (nSPS) is 11.4. The standard InChI is InChI=1S/C25H42O2/c1-2-3-4-5-6-7-8-9-10-11-12-13-14-15-16-17-18-19-23-20-24(26)22-25(27)21-23/h7-8,20-22,26-27H,2-6,9-19H2,1H3/b8-7+. The topological polar surface area (TPSA) is 40.5 Å². The van der Waals surface area contributed by atoms with Crippen LogP contribution in [0.1, 0.15) is 109 Å². The molecule has 154 valence electrons. The van der Waals surface area contributed by atoms with Gasteiger partial charge in [-0.2, -0.15) is 0 Å². The summed E-state index contributed by atoms with van der Waals surface area (Å²) in [4.78, 5) is 0. The van der Waals surface area contributed by atoms with Crippen LogP contribution in [0.2, 0.25) is 0 Å². The Morgan fingerprint density at radius 1 is 0.593 bits per heavy atom. The van der Waals surface area contributed by atoms with E-state index in [-0.39, 0.29) is 11.5 Å². The number of phenolic OH excluding ortho intramolecular Hbond substituents is 2. The Morgan fingerprint density at radius 2 is 1.04 bits per heavy atom. The SMILES string of the molecule is CCCCCC/C=C/CCCCCCCCCCCc1cc(O)cc(O)c1. The van der Waals surface area contributed by atoms with Gasteiger partial charge in [0.1, 0.15) is 11.5 Å². The lowest BCUT2D eigenvalue weighted by Crippen LogP contribution is -1.87. The third-order valence-corrected chi connectivity index (χ3v) is 5.19. The molecule has 0 spiro atoms. The van der Waals surface area contributed by atoms with Gasteiger partial charge < -0.3 is 10.2 Å². The first-order valence-corrected chi connectivity index (χ1v) is 11.4. The van der Waals surface area contributed by atoms with Crippen molar-refractivity contribution in [2.24, 2.45) is 0 Å². The Hall–Kier alpha value is -1.44. The Labute approximate surface area is 167 Å². The Morgan fingerprint density at radius 3 is 1.56 bits per heavy atom. The average molecular weight is 375 g/mol. The minimum atomic E-state index is 0.160. The first kappa shape index (κ1) is 23.6. The molecule has 0 fully saturated rings. The maximum atomic E-state index is 9.47. The van der Waals surface area contributed by atoms with Crippen molar-refractivity contribution in [1.29, 1.82) is 0 Å². The number of allylic oxidation sites excluding steroid dienone is 2. The lowest BCUT2D eigenvalue weighted by molar-refractivity contribution is 0.449.